The van der Waals surface area contributed by atoms with Crippen molar-refractivity contribution in [2.24, 2.45) is 0 Å². The van der Waals surface area contributed by atoms with E-state index < -0.39 is 0 Å². The number of aromatic nitrogens is 4. The predicted octanol–water partition coefficient (Wildman–Crippen LogP) is 6.49. The zero-order valence-corrected chi connectivity index (χ0v) is 17.6. The predicted molar refractivity (Wildman–Crippen MR) is 121 cm³/mol. The SMILES string of the molecule is Clc1cccc(CSc2nc(-c3ccccc3)n(-c3nc4ccccc4s3)n2)c1. The summed E-state index contributed by atoms with van der Waals surface area (Å²) in [7, 11) is 0. The fraction of sp³-hybridized carbons (Fsp3) is 0.0455. The molecule has 0 amide bonds. The molecule has 0 saturated heterocycles. The summed E-state index contributed by atoms with van der Waals surface area (Å²) in [5.74, 6) is 1.54. The van der Waals surface area contributed by atoms with Gasteiger partial charge in [-0.15, -0.1) is 5.10 Å². The van der Waals surface area contributed by atoms with E-state index in [1.54, 1.807) is 23.1 Å². The Kier molecular flexibility index (Phi) is 5.06. The minimum atomic E-state index is 0.711. The lowest BCUT2D eigenvalue weighted by molar-refractivity contribution is 0.833. The van der Waals surface area contributed by atoms with Crippen molar-refractivity contribution >= 4 is 44.9 Å². The van der Waals surface area contributed by atoms with E-state index >= 15 is 0 Å². The molecule has 0 saturated carbocycles. The highest BCUT2D eigenvalue weighted by Gasteiger charge is 2.17. The zero-order chi connectivity index (χ0) is 19.6. The van der Waals surface area contributed by atoms with Crippen LogP contribution in [0.15, 0.2) is 84.0 Å². The molecule has 0 aliphatic heterocycles. The Balaban J connectivity index is 1.53. The number of halogens is 1. The Labute approximate surface area is 181 Å². The van der Waals surface area contributed by atoms with Crippen LogP contribution in [0.25, 0.3) is 26.7 Å². The molecule has 142 valence electrons. The summed E-state index contributed by atoms with van der Waals surface area (Å²) in [6.07, 6.45) is 0. The highest BCUT2D eigenvalue weighted by molar-refractivity contribution is 7.98. The van der Waals surface area contributed by atoms with Crippen LogP contribution in [0.1, 0.15) is 5.56 Å². The van der Waals surface area contributed by atoms with Crippen LogP contribution in [-0.4, -0.2) is 19.7 Å². The number of hydrogen-bond donors (Lipinski definition) is 0. The van der Waals surface area contributed by atoms with Crippen molar-refractivity contribution < 1.29 is 0 Å². The molecule has 0 fully saturated rings. The third kappa shape index (κ3) is 3.92. The van der Waals surface area contributed by atoms with Gasteiger partial charge in [0, 0.05) is 16.3 Å². The maximum absolute atomic E-state index is 6.10. The van der Waals surface area contributed by atoms with Crippen molar-refractivity contribution in [3.8, 4) is 16.5 Å². The molecule has 0 N–H and O–H groups in total. The molecule has 0 bridgehead atoms. The van der Waals surface area contributed by atoms with Crippen molar-refractivity contribution in [3.63, 3.8) is 0 Å². The Morgan fingerprint density at radius 3 is 2.55 bits per heavy atom. The average Bonchev–Trinajstić information content (AvgIpc) is 3.37. The largest absolute Gasteiger partial charge is 0.218 e. The fourth-order valence-electron chi connectivity index (χ4n) is 2.99. The molecule has 0 atom stereocenters. The molecule has 3 aromatic carbocycles. The highest BCUT2D eigenvalue weighted by Crippen LogP contribution is 2.30. The van der Waals surface area contributed by atoms with Gasteiger partial charge in [0.15, 0.2) is 5.82 Å². The van der Waals surface area contributed by atoms with Gasteiger partial charge in [-0.1, -0.05) is 89.3 Å². The lowest BCUT2D eigenvalue weighted by atomic mass is 10.2. The van der Waals surface area contributed by atoms with Gasteiger partial charge in [0.2, 0.25) is 10.3 Å². The van der Waals surface area contributed by atoms with Crippen LogP contribution in [-0.2, 0) is 5.75 Å². The Hall–Kier alpha value is -2.67. The molecule has 5 rings (SSSR count). The Morgan fingerprint density at radius 1 is 0.897 bits per heavy atom. The van der Waals surface area contributed by atoms with E-state index in [0.717, 1.165) is 43.1 Å². The van der Waals surface area contributed by atoms with E-state index in [4.69, 9.17) is 26.7 Å². The molecule has 7 heteroatoms. The summed E-state index contributed by atoms with van der Waals surface area (Å²) < 4.78 is 2.98. The molecule has 0 unspecified atom stereocenters. The fourth-order valence-corrected chi connectivity index (χ4v) is 4.88. The van der Waals surface area contributed by atoms with Gasteiger partial charge in [-0.25, -0.2) is 9.97 Å². The van der Waals surface area contributed by atoms with Crippen molar-refractivity contribution in [1.29, 1.82) is 0 Å². The van der Waals surface area contributed by atoms with E-state index in [9.17, 15) is 0 Å². The smallest absolute Gasteiger partial charge is 0.213 e. The summed E-state index contributed by atoms with van der Waals surface area (Å²) in [5.41, 5.74) is 3.11. The molecular formula is C22H15ClN4S2. The molecule has 5 aromatic rings. The first-order valence-corrected chi connectivity index (χ1v) is 11.2. The number of hydrogen-bond acceptors (Lipinski definition) is 5. The maximum atomic E-state index is 6.10. The molecule has 4 nitrogen and oxygen atoms in total. The standard InChI is InChI=1S/C22H15ClN4S2/c23-17-10-6-7-15(13-17)14-28-21-25-20(16-8-2-1-3-9-16)27(26-21)22-24-18-11-4-5-12-19(18)29-22/h1-13H,14H2. The summed E-state index contributed by atoms with van der Waals surface area (Å²) >= 11 is 9.30. The average molecular weight is 435 g/mol. The Morgan fingerprint density at radius 2 is 1.72 bits per heavy atom. The maximum Gasteiger partial charge on any atom is 0.213 e. The summed E-state index contributed by atoms with van der Waals surface area (Å²) in [6.45, 7) is 0. The molecule has 0 radical (unpaired) electrons. The summed E-state index contributed by atoms with van der Waals surface area (Å²) in [6, 6.07) is 26.1. The van der Waals surface area contributed by atoms with E-state index in [1.165, 1.54) is 0 Å². The van der Waals surface area contributed by atoms with E-state index in [1.807, 2.05) is 71.4 Å². The van der Waals surface area contributed by atoms with Gasteiger partial charge in [-0.2, -0.15) is 4.68 Å². The van der Waals surface area contributed by atoms with Crippen LogP contribution < -0.4 is 0 Å². The lowest BCUT2D eigenvalue weighted by Gasteiger charge is -2.01. The molecular weight excluding hydrogens is 420 g/mol. The topological polar surface area (TPSA) is 43.6 Å². The second-order valence-electron chi connectivity index (χ2n) is 6.38. The summed E-state index contributed by atoms with van der Waals surface area (Å²) in [4.78, 5) is 9.58. The van der Waals surface area contributed by atoms with Crippen molar-refractivity contribution in [2.75, 3.05) is 0 Å². The van der Waals surface area contributed by atoms with Gasteiger partial charge < -0.3 is 0 Å². The number of rotatable bonds is 5. The molecule has 0 aliphatic carbocycles. The van der Waals surface area contributed by atoms with Gasteiger partial charge in [0.05, 0.1) is 10.2 Å². The third-order valence-electron chi connectivity index (χ3n) is 4.34. The van der Waals surface area contributed by atoms with E-state index in [2.05, 4.69) is 12.1 Å². The summed E-state index contributed by atoms with van der Waals surface area (Å²) in [5, 5.41) is 7.03. The Bertz CT molecular complexity index is 1250. The van der Waals surface area contributed by atoms with Gasteiger partial charge in [0.25, 0.3) is 0 Å². The van der Waals surface area contributed by atoms with Crippen LogP contribution in [0.3, 0.4) is 0 Å². The van der Waals surface area contributed by atoms with Crippen LogP contribution in [0, 0.1) is 0 Å². The van der Waals surface area contributed by atoms with Crippen molar-refractivity contribution in [3.05, 3.63) is 89.4 Å². The van der Waals surface area contributed by atoms with Gasteiger partial charge in [-0.3, -0.25) is 0 Å². The number of benzene rings is 3. The minimum absolute atomic E-state index is 0.711. The molecule has 29 heavy (non-hydrogen) atoms. The number of nitrogens with zero attached hydrogens (tertiary/aromatic N) is 4. The first-order valence-electron chi connectivity index (χ1n) is 9.02. The van der Waals surface area contributed by atoms with Crippen LogP contribution >= 0.6 is 34.7 Å². The number of fused-ring (bicyclic) bond motifs is 1. The normalized spacial score (nSPS) is 11.2. The number of thiazole rings is 1. The van der Waals surface area contributed by atoms with Crippen LogP contribution in [0.5, 0.6) is 0 Å². The second-order valence-corrected chi connectivity index (χ2v) is 8.77. The molecule has 0 aliphatic rings. The quantitative estimate of drug-likeness (QED) is 0.296. The first-order chi connectivity index (χ1) is 14.3. The van der Waals surface area contributed by atoms with Gasteiger partial charge in [0.1, 0.15) is 0 Å². The van der Waals surface area contributed by atoms with Crippen molar-refractivity contribution in [2.45, 2.75) is 10.9 Å². The van der Waals surface area contributed by atoms with Gasteiger partial charge in [-0.05, 0) is 29.8 Å². The first kappa shape index (κ1) is 18.4. The molecule has 0 spiro atoms. The van der Waals surface area contributed by atoms with Gasteiger partial charge >= 0.3 is 0 Å². The third-order valence-corrected chi connectivity index (χ3v) is 6.50. The van der Waals surface area contributed by atoms with E-state index in [0.29, 0.717) is 5.16 Å². The molecule has 2 aromatic heterocycles. The minimum Gasteiger partial charge on any atom is -0.218 e. The second kappa shape index (κ2) is 7.99. The highest BCUT2D eigenvalue weighted by atomic mass is 35.5. The number of thioether (sulfide) groups is 1. The zero-order valence-electron chi connectivity index (χ0n) is 15.2. The monoisotopic (exact) mass is 434 g/mol. The number of para-hydroxylation sites is 1. The molecule has 2 heterocycles. The lowest BCUT2D eigenvalue weighted by Crippen LogP contribution is -1.98. The van der Waals surface area contributed by atoms with E-state index in [-0.39, 0.29) is 0 Å². The van der Waals surface area contributed by atoms with Crippen molar-refractivity contribution in [1.82, 2.24) is 19.7 Å². The van der Waals surface area contributed by atoms with Crippen LogP contribution in [0.2, 0.25) is 5.02 Å². The van der Waals surface area contributed by atoms with Crippen LogP contribution in [0.4, 0.5) is 0 Å².